The standard InChI is InChI=1S/C11H21NO3/c1-4-6-7-8-10(13)12-9(3)11(14)15-5-2/h9H,4-8H2,1-3H3,(H,12,13). The van der Waals surface area contributed by atoms with Gasteiger partial charge in [-0.3, -0.25) is 4.79 Å². The lowest BCUT2D eigenvalue weighted by atomic mass is 10.2. The molecule has 1 unspecified atom stereocenters. The fourth-order valence-corrected chi connectivity index (χ4v) is 1.18. The molecule has 15 heavy (non-hydrogen) atoms. The number of ether oxygens (including phenoxy) is 1. The summed E-state index contributed by atoms with van der Waals surface area (Å²) in [6, 6.07) is -0.543. The van der Waals surface area contributed by atoms with Crippen LogP contribution >= 0.6 is 0 Å². The van der Waals surface area contributed by atoms with Gasteiger partial charge in [0, 0.05) is 6.42 Å². The molecule has 0 aliphatic rings. The number of carbonyl (C=O) groups excluding carboxylic acids is 2. The lowest BCUT2D eigenvalue weighted by Gasteiger charge is -2.12. The second-order valence-corrected chi connectivity index (χ2v) is 3.50. The number of nitrogens with one attached hydrogen (secondary N) is 1. The van der Waals surface area contributed by atoms with Crippen LogP contribution in [0.15, 0.2) is 0 Å². The van der Waals surface area contributed by atoms with Crippen molar-refractivity contribution in [1.29, 1.82) is 0 Å². The van der Waals surface area contributed by atoms with Crippen LogP contribution in [0.1, 0.15) is 46.5 Å². The first-order valence-corrected chi connectivity index (χ1v) is 5.57. The highest BCUT2D eigenvalue weighted by atomic mass is 16.5. The summed E-state index contributed by atoms with van der Waals surface area (Å²) in [7, 11) is 0. The average Bonchev–Trinajstić information content (AvgIpc) is 2.18. The predicted molar refractivity (Wildman–Crippen MR) is 58.4 cm³/mol. The van der Waals surface area contributed by atoms with Crippen molar-refractivity contribution >= 4 is 11.9 Å². The van der Waals surface area contributed by atoms with Crippen molar-refractivity contribution in [2.45, 2.75) is 52.5 Å². The SMILES string of the molecule is CCCCCC(=O)NC(C)C(=O)OCC. The van der Waals surface area contributed by atoms with Crippen LogP contribution in [0, 0.1) is 0 Å². The quantitative estimate of drug-likeness (QED) is 0.519. The number of hydrogen-bond donors (Lipinski definition) is 1. The van der Waals surface area contributed by atoms with E-state index in [-0.39, 0.29) is 11.9 Å². The monoisotopic (exact) mass is 215 g/mol. The number of esters is 1. The molecule has 0 saturated carbocycles. The third-order valence-electron chi connectivity index (χ3n) is 2.03. The fourth-order valence-electron chi connectivity index (χ4n) is 1.18. The van der Waals surface area contributed by atoms with E-state index in [0.717, 1.165) is 19.3 Å². The largest absolute Gasteiger partial charge is 0.464 e. The maximum Gasteiger partial charge on any atom is 0.328 e. The van der Waals surface area contributed by atoms with Crippen molar-refractivity contribution in [3.8, 4) is 0 Å². The third-order valence-corrected chi connectivity index (χ3v) is 2.03. The van der Waals surface area contributed by atoms with Crippen LogP contribution < -0.4 is 5.32 Å². The normalized spacial score (nSPS) is 11.9. The van der Waals surface area contributed by atoms with Gasteiger partial charge in [0.2, 0.25) is 5.91 Å². The van der Waals surface area contributed by atoms with Crippen molar-refractivity contribution in [3.63, 3.8) is 0 Å². The number of unbranched alkanes of at least 4 members (excludes halogenated alkanes) is 2. The minimum Gasteiger partial charge on any atom is -0.464 e. The minimum absolute atomic E-state index is 0.0796. The second-order valence-electron chi connectivity index (χ2n) is 3.50. The van der Waals surface area contributed by atoms with Crippen molar-refractivity contribution in [3.05, 3.63) is 0 Å². The van der Waals surface area contributed by atoms with E-state index in [4.69, 9.17) is 4.74 Å². The second kappa shape index (κ2) is 8.26. The third kappa shape index (κ3) is 6.94. The minimum atomic E-state index is -0.543. The molecule has 0 aromatic carbocycles. The molecule has 0 heterocycles. The lowest BCUT2D eigenvalue weighted by molar-refractivity contribution is -0.146. The highest BCUT2D eigenvalue weighted by Gasteiger charge is 2.15. The molecule has 0 fully saturated rings. The van der Waals surface area contributed by atoms with Crippen LogP contribution in [-0.4, -0.2) is 24.5 Å². The van der Waals surface area contributed by atoms with Gasteiger partial charge >= 0.3 is 5.97 Å². The summed E-state index contributed by atoms with van der Waals surface area (Å²) in [5, 5.41) is 2.61. The van der Waals surface area contributed by atoms with Crippen molar-refractivity contribution < 1.29 is 14.3 Å². The molecule has 0 rings (SSSR count). The molecule has 0 aromatic rings. The Bertz CT molecular complexity index is 204. The number of rotatable bonds is 7. The van der Waals surface area contributed by atoms with E-state index in [1.165, 1.54) is 0 Å². The van der Waals surface area contributed by atoms with Crippen LogP contribution in [0.25, 0.3) is 0 Å². The zero-order chi connectivity index (χ0) is 11.7. The van der Waals surface area contributed by atoms with E-state index >= 15 is 0 Å². The highest BCUT2D eigenvalue weighted by Crippen LogP contribution is 1.99. The first-order valence-electron chi connectivity index (χ1n) is 5.57. The Labute approximate surface area is 91.4 Å². The van der Waals surface area contributed by atoms with Gasteiger partial charge in [0.15, 0.2) is 0 Å². The van der Waals surface area contributed by atoms with Gasteiger partial charge in [0.25, 0.3) is 0 Å². The summed E-state index contributed by atoms with van der Waals surface area (Å²) in [6.45, 7) is 5.80. The molecule has 1 atom stereocenters. The summed E-state index contributed by atoms with van der Waals surface area (Å²) in [5.41, 5.74) is 0. The molecule has 4 nitrogen and oxygen atoms in total. The molecule has 88 valence electrons. The number of carbonyl (C=O) groups is 2. The Morgan fingerprint density at radius 3 is 2.47 bits per heavy atom. The maximum atomic E-state index is 11.3. The van der Waals surface area contributed by atoms with Crippen LogP contribution in [0.4, 0.5) is 0 Å². The lowest BCUT2D eigenvalue weighted by Crippen LogP contribution is -2.39. The molecule has 0 aliphatic carbocycles. The van der Waals surface area contributed by atoms with E-state index < -0.39 is 6.04 Å². The average molecular weight is 215 g/mol. The Morgan fingerprint density at radius 2 is 1.93 bits per heavy atom. The molecular weight excluding hydrogens is 194 g/mol. The van der Waals surface area contributed by atoms with E-state index in [0.29, 0.717) is 13.0 Å². The Hall–Kier alpha value is -1.06. The van der Waals surface area contributed by atoms with Gasteiger partial charge in [0.1, 0.15) is 6.04 Å². The van der Waals surface area contributed by atoms with Gasteiger partial charge in [-0.05, 0) is 20.3 Å². The van der Waals surface area contributed by atoms with Crippen LogP contribution in [0.5, 0.6) is 0 Å². The van der Waals surface area contributed by atoms with Crippen LogP contribution in [-0.2, 0) is 14.3 Å². The molecule has 0 aromatic heterocycles. The zero-order valence-corrected chi connectivity index (χ0v) is 9.84. The predicted octanol–water partition coefficient (Wildman–Crippen LogP) is 1.63. The summed E-state index contributed by atoms with van der Waals surface area (Å²) in [4.78, 5) is 22.5. The topological polar surface area (TPSA) is 55.4 Å². The van der Waals surface area contributed by atoms with Gasteiger partial charge < -0.3 is 10.1 Å². The molecule has 1 N–H and O–H groups in total. The molecule has 0 aliphatic heterocycles. The molecule has 4 heteroatoms. The summed E-state index contributed by atoms with van der Waals surface area (Å²) >= 11 is 0. The number of amides is 1. The Balaban J connectivity index is 3.70. The van der Waals surface area contributed by atoms with Gasteiger partial charge in [-0.2, -0.15) is 0 Å². The van der Waals surface area contributed by atoms with Crippen molar-refractivity contribution in [2.24, 2.45) is 0 Å². The van der Waals surface area contributed by atoms with Gasteiger partial charge in [-0.15, -0.1) is 0 Å². The highest BCUT2D eigenvalue weighted by molar-refractivity contribution is 5.84. The molecule has 0 saturated heterocycles. The molecule has 0 bridgehead atoms. The first-order chi connectivity index (χ1) is 7.11. The smallest absolute Gasteiger partial charge is 0.328 e. The van der Waals surface area contributed by atoms with E-state index in [2.05, 4.69) is 12.2 Å². The zero-order valence-electron chi connectivity index (χ0n) is 9.84. The van der Waals surface area contributed by atoms with Crippen LogP contribution in [0.2, 0.25) is 0 Å². The summed E-state index contributed by atoms with van der Waals surface area (Å²) in [5.74, 6) is -0.453. The van der Waals surface area contributed by atoms with Crippen molar-refractivity contribution in [2.75, 3.05) is 6.61 Å². The van der Waals surface area contributed by atoms with Crippen LogP contribution in [0.3, 0.4) is 0 Å². The molecular formula is C11H21NO3. The van der Waals surface area contributed by atoms with E-state index in [1.54, 1.807) is 13.8 Å². The summed E-state index contributed by atoms with van der Waals surface area (Å²) in [6.07, 6.45) is 3.48. The first kappa shape index (κ1) is 13.9. The van der Waals surface area contributed by atoms with Gasteiger partial charge in [-0.1, -0.05) is 19.8 Å². The van der Waals surface area contributed by atoms with E-state index in [1.807, 2.05) is 0 Å². The molecule has 0 spiro atoms. The van der Waals surface area contributed by atoms with Gasteiger partial charge in [-0.25, -0.2) is 4.79 Å². The summed E-state index contributed by atoms with van der Waals surface area (Å²) < 4.78 is 4.78. The van der Waals surface area contributed by atoms with Gasteiger partial charge in [0.05, 0.1) is 6.61 Å². The van der Waals surface area contributed by atoms with E-state index in [9.17, 15) is 9.59 Å². The Kier molecular flexibility index (Phi) is 7.68. The Morgan fingerprint density at radius 1 is 1.27 bits per heavy atom. The maximum absolute atomic E-state index is 11.3. The fraction of sp³-hybridized carbons (Fsp3) is 0.818. The molecule has 0 radical (unpaired) electrons. The number of hydrogen-bond acceptors (Lipinski definition) is 3. The van der Waals surface area contributed by atoms with Crippen molar-refractivity contribution in [1.82, 2.24) is 5.32 Å². The molecule has 1 amide bonds.